The molecule has 1 saturated heterocycles. The van der Waals surface area contributed by atoms with E-state index in [1.807, 2.05) is 19.1 Å². The lowest BCUT2D eigenvalue weighted by atomic mass is 9.88. The van der Waals surface area contributed by atoms with Crippen molar-refractivity contribution in [3.8, 4) is 0 Å². The second-order valence-electron chi connectivity index (χ2n) is 5.26. The first-order chi connectivity index (χ1) is 10.1. The van der Waals surface area contributed by atoms with Crippen molar-refractivity contribution in [2.24, 2.45) is 11.8 Å². The van der Waals surface area contributed by atoms with Gasteiger partial charge in [-0.05, 0) is 37.2 Å². The maximum absolute atomic E-state index is 11.9. The van der Waals surface area contributed by atoms with E-state index in [1.54, 1.807) is 12.1 Å². The lowest BCUT2D eigenvalue weighted by Crippen LogP contribution is -2.50. The third kappa shape index (κ3) is 5.26. The minimum Gasteiger partial charge on any atom is -0.354 e. The predicted molar refractivity (Wildman–Crippen MR) is 92.3 cm³/mol. The molecule has 0 spiro atoms. The fourth-order valence-corrected chi connectivity index (χ4v) is 2.53. The summed E-state index contributed by atoms with van der Waals surface area (Å²) in [5.74, 6) is 0.369. The molecule has 1 aliphatic rings. The van der Waals surface area contributed by atoms with E-state index in [4.69, 9.17) is 0 Å². The molecule has 1 fully saturated rings. The Morgan fingerprint density at radius 3 is 2.59 bits per heavy atom. The molecule has 0 saturated carbocycles. The van der Waals surface area contributed by atoms with Gasteiger partial charge >= 0.3 is 0 Å². The third-order valence-corrected chi connectivity index (χ3v) is 4.22. The van der Waals surface area contributed by atoms with Gasteiger partial charge in [-0.25, -0.2) is 0 Å². The number of halogens is 2. The lowest BCUT2D eigenvalue weighted by molar-refractivity contribution is -0.126. The second kappa shape index (κ2) is 9.12. The van der Waals surface area contributed by atoms with Crippen LogP contribution in [0.3, 0.4) is 0 Å². The van der Waals surface area contributed by atoms with Crippen molar-refractivity contribution >= 4 is 40.2 Å². The molecule has 0 aromatic heterocycles. The Hall–Kier alpha value is -1.11. The maximum atomic E-state index is 11.9. The van der Waals surface area contributed by atoms with E-state index in [2.05, 4.69) is 31.9 Å². The van der Waals surface area contributed by atoms with E-state index in [9.17, 15) is 9.59 Å². The van der Waals surface area contributed by atoms with E-state index in [0.29, 0.717) is 24.6 Å². The van der Waals surface area contributed by atoms with Crippen molar-refractivity contribution in [1.29, 1.82) is 0 Å². The highest BCUT2D eigenvalue weighted by Gasteiger charge is 2.28. The largest absolute Gasteiger partial charge is 0.354 e. The van der Waals surface area contributed by atoms with Gasteiger partial charge in [-0.1, -0.05) is 28.9 Å². The van der Waals surface area contributed by atoms with Gasteiger partial charge in [0.25, 0.3) is 5.91 Å². The molecule has 5 nitrogen and oxygen atoms in total. The molecule has 2 rings (SSSR count). The van der Waals surface area contributed by atoms with Crippen LogP contribution in [0.2, 0.25) is 0 Å². The highest BCUT2D eigenvalue weighted by molar-refractivity contribution is 9.10. The standard InChI is InChI=1S/C15H20BrN3O2.ClH/c1-10(12-8-17-9-12)14(20)18-5-6-19-15(21)11-3-2-4-13(16)7-11;/h2-4,7,10,12,17H,5-6,8-9H2,1H3,(H,18,20)(H,19,21);1H. The van der Waals surface area contributed by atoms with Crippen LogP contribution in [0.4, 0.5) is 0 Å². The highest BCUT2D eigenvalue weighted by Crippen LogP contribution is 2.15. The zero-order valence-electron chi connectivity index (χ0n) is 12.4. The quantitative estimate of drug-likeness (QED) is 0.646. The maximum Gasteiger partial charge on any atom is 0.251 e. The SMILES string of the molecule is CC(C(=O)NCCNC(=O)c1cccc(Br)c1)C1CNC1.Cl. The van der Waals surface area contributed by atoms with Crippen LogP contribution in [0.1, 0.15) is 17.3 Å². The van der Waals surface area contributed by atoms with E-state index in [1.165, 1.54) is 0 Å². The Labute approximate surface area is 145 Å². The first-order valence-electron chi connectivity index (χ1n) is 7.10. The van der Waals surface area contributed by atoms with Gasteiger partial charge in [0.05, 0.1) is 0 Å². The van der Waals surface area contributed by atoms with Crippen molar-refractivity contribution < 1.29 is 9.59 Å². The van der Waals surface area contributed by atoms with Crippen LogP contribution in [-0.4, -0.2) is 38.0 Å². The van der Waals surface area contributed by atoms with Gasteiger partial charge in [0.2, 0.25) is 5.91 Å². The van der Waals surface area contributed by atoms with Crippen molar-refractivity contribution in [2.45, 2.75) is 6.92 Å². The molecule has 0 radical (unpaired) electrons. The number of hydrogen-bond donors (Lipinski definition) is 3. The van der Waals surface area contributed by atoms with Gasteiger partial charge in [0, 0.05) is 29.0 Å². The van der Waals surface area contributed by atoms with Crippen LogP contribution >= 0.6 is 28.3 Å². The number of carbonyl (C=O) groups excluding carboxylic acids is 2. The number of nitrogens with one attached hydrogen (secondary N) is 3. The van der Waals surface area contributed by atoms with Gasteiger partial charge in [-0.15, -0.1) is 12.4 Å². The first kappa shape index (κ1) is 18.9. The summed E-state index contributed by atoms with van der Waals surface area (Å²) in [4.78, 5) is 23.8. The van der Waals surface area contributed by atoms with Crippen LogP contribution < -0.4 is 16.0 Å². The summed E-state index contributed by atoms with van der Waals surface area (Å²) in [7, 11) is 0. The van der Waals surface area contributed by atoms with Crippen molar-refractivity contribution in [3.63, 3.8) is 0 Å². The molecule has 1 atom stereocenters. The lowest BCUT2D eigenvalue weighted by Gasteiger charge is -2.31. The Kier molecular flexibility index (Phi) is 7.85. The average molecular weight is 391 g/mol. The van der Waals surface area contributed by atoms with E-state index in [0.717, 1.165) is 17.6 Å². The third-order valence-electron chi connectivity index (χ3n) is 3.73. The molecule has 122 valence electrons. The summed E-state index contributed by atoms with van der Waals surface area (Å²) >= 11 is 3.33. The van der Waals surface area contributed by atoms with Crippen molar-refractivity contribution in [3.05, 3.63) is 34.3 Å². The molecule has 1 aromatic rings. The normalized spacial score (nSPS) is 15.2. The minimum atomic E-state index is -0.137. The Balaban J connectivity index is 0.00000242. The summed E-state index contributed by atoms with van der Waals surface area (Å²) in [6.45, 7) is 4.64. The molecule has 1 aliphatic heterocycles. The molecule has 0 bridgehead atoms. The van der Waals surface area contributed by atoms with Gasteiger partial charge in [-0.3, -0.25) is 9.59 Å². The van der Waals surface area contributed by atoms with Crippen LogP contribution in [0.5, 0.6) is 0 Å². The summed E-state index contributed by atoms with van der Waals surface area (Å²) in [5, 5.41) is 8.81. The Bertz CT molecular complexity index is 523. The van der Waals surface area contributed by atoms with Gasteiger partial charge in [0.1, 0.15) is 0 Å². The van der Waals surface area contributed by atoms with E-state index < -0.39 is 0 Å². The Morgan fingerprint density at radius 2 is 2.00 bits per heavy atom. The molecular weight excluding hydrogens is 370 g/mol. The number of benzene rings is 1. The molecule has 3 N–H and O–H groups in total. The van der Waals surface area contributed by atoms with Gasteiger partial charge in [0.15, 0.2) is 0 Å². The predicted octanol–water partition coefficient (Wildman–Crippen LogP) is 1.57. The number of hydrogen-bond acceptors (Lipinski definition) is 3. The smallest absolute Gasteiger partial charge is 0.251 e. The number of rotatable bonds is 6. The zero-order chi connectivity index (χ0) is 15.2. The molecule has 0 aliphatic carbocycles. The summed E-state index contributed by atoms with van der Waals surface area (Å²) < 4.78 is 0.867. The minimum absolute atomic E-state index is 0. The molecular formula is C15H21BrClN3O2. The summed E-state index contributed by atoms with van der Waals surface area (Å²) in [5.41, 5.74) is 0.601. The zero-order valence-corrected chi connectivity index (χ0v) is 14.8. The second-order valence-corrected chi connectivity index (χ2v) is 6.18. The topological polar surface area (TPSA) is 70.2 Å². The number of amides is 2. The molecule has 22 heavy (non-hydrogen) atoms. The van der Waals surface area contributed by atoms with E-state index in [-0.39, 0.29) is 30.1 Å². The van der Waals surface area contributed by atoms with Crippen molar-refractivity contribution in [1.82, 2.24) is 16.0 Å². The molecule has 7 heteroatoms. The average Bonchev–Trinajstić information content (AvgIpc) is 2.41. The fourth-order valence-electron chi connectivity index (χ4n) is 2.13. The molecule has 1 unspecified atom stereocenters. The van der Waals surface area contributed by atoms with E-state index >= 15 is 0 Å². The van der Waals surface area contributed by atoms with Crippen LogP contribution in [-0.2, 0) is 4.79 Å². The van der Waals surface area contributed by atoms with Gasteiger partial charge in [-0.2, -0.15) is 0 Å². The van der Waals surface area contributed by atoms with Gasteiger partial charge < -0.3 is 16.0 Å². The summed E-state index contributed by atoms with van der Waals surface area (Å²) in [6, 6.07) is 7.20. The van der Waals surface area contributed by atoms with Crippen LogP contribution in [0.15, 0.2) is 28.7 Å². The first-order valence-corrected chi connectivity index (χ1v) is 7.89. The summed E-state index contributed by atoms with van der Waals surface area (Å²) in [6.07, 6.45) is 0. The van der Waals surface area contributed by atoms with Crippen LogP contribution in [0.25, 0.3) is 0 Å². The van der Waals surface area contributed by atoms with Crippen LogP contribution in [0, 0.1) is 11.8 Å². The van der Waals surface area contributed by atoms with Crippen molar-refractivity contribution in [2.75, 3.05) is 26.2 Å². The monoisotopic (exact) mass is 389 g/mol. The molecule has 2 amide bonds. The fraction of sp³-hybridized carbons (Fsp3) is 0.467. The number of carbonyl (C=O) groups is 2. The molecule has 1 aromatic carbocycles. The molecule has 1 heterocycles. The Morgan fingerprint density at radius 1 is 1.32 bits per heavy atom. The highest BCUT2D eigenvalue weighted by atomic mass is 79.9.